The molecule has 0 bridgehead atoms. The molecule has 0 saturated carbocycles. The largest absolute Gasteiger partial charge is 0.494 e. The van der Waals surface area contributed by atoms with E-state index in [2.05, 4.69) is 26.0 Å². The normalized spacial score (nSPS) is 11.4. The van der Waals surface area contributed by atoms with Gasteiger partial charge in [-0.15, -0.1) is 0 Å². The second kappa shape index (κ2) is 15.0. The summed E-state index contributed by atoms with van der Waals surface area (Å²) in [5, 5.41) is 2.26. The Balaban J connectivity index is 0.00000298. The van der Waals surface area contributed by atoms with Crippen molar-refractivity contribution in [2.75, 3.05) is 43.7 Å². The molecule has 1 amide bonds. The number of sulfone groups is 1. The number of rotatable bonds is 11. The fraction of sp³-hybridized carbons (Fsp3) is 0.429. The molecule has 0 unspecified atom stereocenters. The number of nitrogen functional groups attached to an aromatic ring is 2. The third kappa shape index (κ3) is 11.7. The van der Waals surface area contributed by atoms with Gasteiger partial charge in [-0.05, 0) is 50.4 Å². The van der Waals surface area contributed by atoms with Crippen LogP contribution in [0.25, 0.3) is 0 Å². The number of ether oxygens (including phenoxy) is 1. The molecule has 12 nitrogen and oxygen atoms in total. The molecule has 0 spiro atoms. The summed E-state index contributed by atoms with van der Waals surface area (Å²) in [5.74, 6) is -0.160. The molecule has 0 aliphatic rings. The molecule has 1 aromatic carbocycles. The van der Waals surface area contributed by atoms with Gasteiger partial charge in [0.15, 0.2) is 28.4 Å². The Hall–Kier alpha value is -3.16. The Labute approximate surface area is 210 Å². The van der Waals surface area contributed by atoms with Crippen LogP contribution in [0.1, 0.15) is 35.3 Å². The van der Waals surface area contributed by atoms with Crippen LogP contribution in [0.4, 0.5) is 11.6 Å². The molecule has 9 N–H and O–H groups in total. The van der Waals surface area contributed by atoms with Gasteiger partial charge in [0.2, 0.25) is 0 Å². The zero-order valence-electron chi connectivity index (χ0n) is 19.8. The van der Waals surface area contributed by atoms with Crippen molar-refractivity contribution in [3.63, 3.8) is 0 Å². The quantitative estimate of drug-likeness (QED) is 0.156. The van der Waals surface area contributed by atoms with Crippen molar-refractivity contribution in [3.05, 3.63) is 40.7 Å². The van der Waals surface area contributed by atoms with E-state index in [9.17, 15) is 13.2 Å². The minimum absolute atomic E-state index is 0.0634. The summed E-state index contributed by atoms with van der Waals surface area (Å²) in [5.41, 5.74) is 22.3. The third-order valence-electron chi connectivity index (χ3n) is 4.37. The number of aryl methyl sites for hydroxylation is 1. The number of guanidine groups is 1. The summed E-state index contributed by atoms with van der Waals surface area (Å²) < 4.78 is 27.8. The first kappa shape index (κ1) is 29.9. The smallest absolute Gasteiger partial charge is 0.280 e. The number of carbonyl (C=O) groups excluding carboxylic acids is 1. The average Bonchev–Trinajstić information content (AvgIpc) is 2.80. The predicted octanol–water partition coefficient (Wildman–Crippen LogP) is 0.750. The predicted molar refractivity (Wildman–Crippen MR) is 139 cm³/mol. The van der Waals surface area contributed by atoms with E-state index >= 15 is 0 Å². The van der Waals surface area contributed by atoms with Crippen LogP contribution < -0.4 is 33.0 Å². The standard InChI is InChI=1S/C20H28ClN7O4S.CH5N/c1-33(30,31)12-4-11-32-14-8-6-13(7-9-14)5-2-3-10-25-20(24)28-19(29)15-17(22)27-18(23)16(21)26-15;1-2/h6-9H,2-5,10-12H2,1H3,(H4,22,23,27)(H3,24,25,28,29);2H2,1H3. The number of halogens is 1. The highest BCUT2D eigenvalue weighted by Crippen LogP contribution is 2.17. The van der Waals surface area contributed by atoms with Crippen LogP contribution in [0.3, 0.4) is 0 Å². The topological polar surface area (TPSA) is 215 Å². The molecule has 35 heavy (non-hydrogen) atoms. The summed E-state index contributed by atoms with van der Waals surface area (Å²) in [6.45, 7) is 0.782. The van der Waals surface area contributed by atoms with Crippen molar-refractivity contribution in [1.29, 1.82) is 0 Å². The number of hydrogen-bond donors (Lipinski definition) is 5. The zero-order chi connectivity index (χ0) is 26.4. The first-order chi connectivity index (χ1) is 16.5. The Morgan fingerprint density at radius 1 is 1.09 bits per heavy atom. The fourth-order valence-corrected chi connectivity index (χ4v) is 3.50. The minimum Gasteiger partial charge on any atom is -0.494 e. The van der Waals surface area contributed by atoms with E-state index in [-0.39, 0.29) is 34.2 Å². The maximum atomic E-state index is 12.2. The van der Waals surface area contributed by atoms with E-state index in [1.807, 2.05) is 24.3 Å². The molecule has 194 valence electrons. The number of unbranched alkanes of at least 4 members (excludes halogenated alkanes) is 1. The van der Waals surface area contributed by atoms with Gasteiger partial charge in [-0.2, -0.15) is 0 Å². The SMILES string of the molecule is CN.CS(=O)(=O)CCCOc1ccc(CCCCN=C(N)NC(=O)c2nc(Cl)c(N)nc2N)cc1. The average molecular weight is 529 g/mol. The van der Waals surface area contributed by atoms with Crippen LogP contribution in [0.2, 0.25) is 5.15 Å². The molecule has 14 heteroatoms. The monoisotopic (exact) mass is 528 g/mol. The second-order valence-corrected chi connectivity index (χ2v) is 9.91. The van der Waals surface area contributed by atoms with Gasteiger partial charge in [0, 0.05) is 12.8 Å². The van der Waals surface area contributed by atoms with Crippen LogP contribution in [-0.2, 0) is 16.3 Å². The lowest BCUT2D eigenvalue weighted by atomic mass is 10.1. The Bertz CT molecular complexity index is 1100. The number of nitrogens with one attached hydrogen (secondary N) is 1. The van der Waals surface area contributed by atoms with E-state index < -0.39 is 15.7 Å². The Kier molecular flexibility index (Phi) is 12.8. The number of carbonyl (C=O) groups is 1. The van der Waals surface area contributed by atoms with E-state index in [0.29, 0.717) is 25.3 Å². The minimum atomic E-state index is -2.97. The highest BCUT2D eigenvalue weighted by Gasteiger charge is 2.16. The third-order valence-corrected chi connectivity index (χ3v) is 5.68. The van der Waals surface area contributed by atoms with Gasteiger partial charge in [-0.25, -0.2) is 18.4 Å². The Morgan fingerprint density at radius 2 is 1.74 bits per heavy atom. The second-order valence-electron chi connectivity index (χ2n) is 7.29. The number of aromatic nitrogens is 2. The number of aliphatic imine (C=N–C) groups is 1. The first-order valence-electron chi connectivity index (χ1n) is 10.7. The fourth-order valence-electron chi connectivity index (χ4n) is 2.73. The molecule has 1 aromatic heterocycles. The van der Waals surface area contributed by atoms with Gasteiger partial charge in [-0.3, -0.25) is 15.1 Å². The van der Waals surface area contributed by atoms with Gasteiger partial charge in [-0.1, -0.05) is 23.7 Å². The molecular weight excluding hydrogens is 496 g/mol. The molecule has 0 saturated heterocycles. The van der Waals surface area contributed by atoms with Crippen LogP contribution >= 0.6 is 11.6 Å². The molecule has 0 atom stereocenters. The molecule has 0 fully saturated rings. The highest BCUT2D eigenvalue weighted by molar-refractivity contribution is 7.90. The first-order valence-corrected chi connectivity index (χ1v) is 13.2. The lowest BCUT2D eigenvalue weighted by molar-refractivity contribution is 0.0972. The van der Waals surface area contributed by atoms with Crippen LogP contribution in [-0.4, -0.2) is 62.5 Å². The summed E-state index contributed by atoms with van der Waals surface area (Å²) in [7, 11) is -1.47. The number of nitrogens with two attached hydrogens (primary N) is 4. The molecule has 0 aliphatic heterocycles. The Morgan fingerprint density at radius 3 is 2.37 bits per heavy atom. The number of nitrogens with zero attached hydrogens (tertiary/aromatic N) is 3. The number of anilines is 2. The lowest BCUT2D eigenvalue weighted by Gasteiger charge is -2.08. The van der Waals surface area contributed by atoms with Crippen molar-refractivity contribution in [2.24, 2.45) is 16.5 Å². The van der Waals surface area contributed by atoms with E-state index in [1.165, 1.54) is 13.3 Å². The van der Waals surface area contributed by atoms with Crippen LogP contribution in [0.15, 0.2) is 29.3 Å². The molecule has 2 aromatic rings. The molecule has 0 aliphatic carbocycles. The molecule has 0 radical (unpaired) electrons. The highest BCUT2D eigenvalue weighted by atomic mass is 35.5. The zero-order valence-corrected chi connectivity index (χ0v) is 21.4. The van der Waals surface area contributed by atoms with Crippen molar-refractivity contribution in [2.45, 2.75) is 25.7 Å². The van der Waals surface area contributed by atoms with Crippen molar-refractivity contribution in [1.82, 2.24) is 15.3 Å². The van der Waals surface area contributed by atoms with E-state index in [4.69, 9.17) is 33.5 Å². The van der Waals surface area contributed by atoms with Crippen molar-refractivity contribution >= 4 is 44.9 Å². The number of amides is 1. The summed E-state index contributed by atoms with van der Waals surface area (Å²) >= 11 is 5.76. The van der Waals surface area contributed by atoms with E-state index in [1.54, 1.807) is 0 Å². The summed E-state index contributed by atoms with van der Waals surface area (Å²) in [4.78, 5) is 23.8. The maximum Gasteiger partial charge on any atom is 0.280 e. The van der Waals surface area contributed by atoms with Crippen LogP contribution in [0.5, 0.6) is 5.75 Å². The van der Waals surface area contributed by atoms with Crippen molar-refractivity contribution < 1.29 is 17.9 Å². The molecule has 2 rings (SSSR count). The molecular formula is C21H33ClN8O4S. The molecule has 1 heterocycles. The van der Waals surface area contributed by atoms with Gasteiger partial charge in [0.1, 0.15) is 15.6 Å². The van der Waals surface area contributed by atoms with Gasteiger partial charge in [0.05, 0.1) is 12.4 Å². The summed E-state index contributed by atoms with van der Waals surface area (Å²) in [6.07, 6.45) is 4.13. The lowest BCUT2D eigenvalue weighted by Crippen LogP contribution is -2.38. The summed E-state index contributed by atoms with van der Waals surface area (Å²) in [6, 6.07) is 7.65. The number of hydrogen-bond acceptors (Lipinski definition) is 10. The van der Waals surface area contributed by atoms with E-state index in [0.717, 1.165) is 24.8 Å². The van der Waals surface area contributed by atoms with Gasteiger partial charge < -0.3 is 27.7 Å². The van der Waals surface area contributed by atoms with Crippen LogP contribution in [0, 0.1) is 0 Å². The van der Waals surface area contributed by atoms with Gasteiger partial charge >= 0.3 is 0 Å². The van der Waals surface area contributed by atoms with Gasteiger partial charge in [0.25, 0.3) is 5.91 Å². The van der Waals surface area contributed by atoms with Crippen molar-refractivity contribution in [3.8, 4) is 5.75 Å². The maximum absolute atomic E-state index is 12.2. The number of benzene rings is 1.